The topological polar surface area (TPSA) is 187 Å². The molecule has 1 aromatic carbocycles. The normalized spacial score (nSPS) is 23.1. The van der Waals surface area contributed by atoms with Crippen LogP contribution < -0.4 is 20.1 Å². The monoisotopic (exact) mass is 565 g/mol. The van der Waals surface area contributed by atoms with Gasteiger partial charge in [-0.05, 0) is 24.3 Å². The highest BCUT2D eigenvalue weighted by molar-refractivity contribution is 7.51. The zero-order chi connectivity index (χ0) is 27.0. The van der Waals surface area contributed by atoms with Crippen molar-refractivity contribution >= 4 is 36.5 Å². The Morgan fingerprint density at radius 3 is 2.79 bits per heavy atom. The third-order valence-corrected chi connectivity index (χ3v) is 7.77. The average Bonchev–Trinajstić information content (AvgIpc) is 3.60. The van der Waals surface area contributed by atoms with Gasteiger partial charge in [0.15, 0.2) is 18.1 Å². The number of imidazole rings is 2. The molecule has 0 bridgehead atoms. The second kappa shape index (κ2) is 10.5. The number of aliphatic hydroxyl groups excluding tert-OH is 1. The van der Waals surface area contributed by atoms with E-state index in [2.05, 4.69) is 15.0 Å². The molecule has 4 N–H and O–H groups in total. The zero-order valence-electron chi connectivity index (χ0n) is 20.1. The Balaban J connectivity index is 1.37. The van der Waals surface area contributed by atoms with Crippen LogP contribution >= 0.6 is 19.3 Å². The van der Waals surface area contributed by atoms with Gasteiger partial charge in [-0.2, -0.15) is 0 Å². The first-order chi connectivity index (χ1) is 18.1. The Morgan fingerprint density at radius 2 is 2.08 bits per heavy atom. The van der Waals surface area contributed by atoms with Gasteiger partial charge in [0, 0.05) is 29.2 Å². The zero-order valence-corrected chi connectivity index (χ0v) is 21.7. The molecule has 14 nitrogen and oxygen atoms in total. The highest BCUT2D eigenvalue weighted by Gasteiger charge is 2.46. The van der Waals surface area contributed by atoms with Crippen LogP contribution in [0.15, 0.2) is 49.3 Å². The quantitative estimate of drug-likeness (QED) is 0.193. The van der Waals surface area contributed by atoms with Crippen LogP contribution in [-0.4, -0.2) is 59.3 Å². The van der Waals surface area contributed by atoms with Gasteiger partial charge >= 0.3 is 13.4 Å². The molecule has 0 saturated carbocycles. The second-order valence-electron chi connectivity index (χ2n) is 8.72. The first-order valence-electron chi connectivity index (χ1n) is 11.6. The van der Waals surface area contributed by atoms with E-state index >= 15 is 0 Å². The van der Waals surface area contributed by atoms with Crippen LogP contribution in [0.3, 0.4) is 0 Å². The molecular formula is C22H25ClN7O7P. The van der Waals surface area contributed by atoms with E-state index in [0.717, 1.165) is 10.7 Å². The van der Waals surface area contributed by atoms with Crippen LogP contribution in [0.1, 0.15) is 13.2 Å². The molecule has 1 fully saturated rings. The highest BCUT2D eigenvalue weighted by atomic mass is 35.5. The molecule has 1 aliphatic rings. The molecule has 4 heterocycles. The van der Waals surface area contributed by atoms with Crippen molar-refractivity contribution in [3.05, 3.63) is 54.3 Å². The van der Waals surface area contributed by atoms with Gasteiger partial charge in [0.2, 0.25) is 0 Å². The smallest absolute Gasteiger partial charge is 0.437 e. The maximum absolute atomic E-state index is 12.8. The summed E-state index contributed by atoms with van der Waals surface area (Å²) in [5, 5.41) is 24.2. The van der Waals surface area contributed by atoms with Gasteiger partial charge in [-0.15, -0.1) is 0 Å². The predicted molar refractivity (Wildman–Crippen MR) is 131 cm³/mol. The highest BCUT2D eigenvalue weighted by Crippen LogP contribution is 2.44. The summed E-state index contributed by atoms with van der Waals surface area (Å²) in [5.41, 5.74) is 6.16. The van der Waals surface area contributed by atoms with Crippen molar-refractivity contribution in [2.45, 2.75) is 31.9 Å². The molecule has 4 aromatic rings. The van der Waals surface area contributed by atoms with Crippen molar-refractivity contribution in [1.82, 2.24) is 23.9 Å². The summed E-state index contributed by atoms with van der Waals surface area (Å²) < 4.78 is 33.6. The molecule has 3 aromatic heterocycles. The van der Waals surface area contributed by atoms with E-state index in [1.54, 1.807) is 46.7 Å². The van der Waals surface area contributed by atoms with E-state index in [4.69, 9.17) is 31.3 Å². The van der Waals surface area contributed by atoms with Crippen molar-refractivity contribution in [2.75, 3.05) is 18.9 Å². The van der Waals surface area contributed by atoms with Crippen molar-refractivity contribution in [2.24, 2.45) is 5.92 Å². The van der Waals surface area contributed by atoms with Gasteiger partial charge in [-0.25, -0.2) is 23.4 Å². The molecule has 0 aliphatic carbocycles. The number of benzene rings is 1. The SMILES string of the molecule is C[C@@H]1[C@H](O)[C@@H](COP(=O)(O)n2ccnc2)O[C@H]1[n+]1cn(CCOc2ccc(Cl)cc2)c2c([O-])nc(N)nc21. The second-order valence-corrected chi connectivity index (χ2v) is 10.9. The lowest BCUT2D eigenvalue weighted by Gasteiger charge is -2.17. The van der Waals surface area contributed by atoms with Crippen molar-refractivity contribution in [1.29, 1.82) is 0 Å². The summed E-state index contributed by atoms with van der Waals surface area (Å²) >= 11 is 5.91. The Bertz CT molecular complexity index is 1470. The van der Waals surface area contributed by atoms with Crippen molar-refractivity contribution in [3.63, 3.8) is 0 Å². The molecule has 1 unspecified atom stereocenters. The molecule has 202 valence electrons. The standard InChI is InChI=1S/C22H25ClN7O7P/c1-13-18(31)16(10-36-38(33,34)29-7-6-25-11-29)37-21(13)30-12-28(17-19(30)26-22(24)27-20(17)32)8-9-35-15-4-2-14(23)3-5-15/h2-7,11-13,16,18,21,31H,8-10H2,1H3,(H3-,24,26,27,32,33,34)/t13-,16-,18+,21-/m1/s1. The van der Waals surface area contributed by atoms with Gasteiger partial charge in [-0.1, -0.05) is 23.5 Å². The number of nitrogens with zero attached hydrogens (tertiary/aromatic N) is 6. The summed E-state index contributed by atoms with van der Waals surface area (Å²) in [6.45, 7) is 1.86. The lowest BCUT2D eigenvalue weighted by atomic mass is 10.0. The minimum atomic E-state index is -4.22. The van der Waals surface area contributed by atoms with Gasteiger partial charge < -0.3 is 30.3 Å². The van der Waals surface area contributed by atoms with Crippen LogP contribution in [0.25, 0.3) is 11.2 Å². The Kier molecular flexibility index (Phi) is 7.27. The lowest BCUT2D eigenvalue weighted by Crippen LogP contribution is -2.42. The summed E-state index contributed by atoms with van der Waals surface area (Å²) in [6, 6.07) is 6.87. The van der Waals surface area contributed by atoms with Crippen molar-refractivity contribution in [3.8, 4) is 11.6 Å². The van der Waals surface area contributed by atoms with Crippen LogP contribution in [0.5, 0.6) is 11.6 Å². The number of aromatic nitrogens is 6. The number of hydrogen-bond acceptors (Lipinski definition) is 10. The fraction of sp³-hybridized carbons (Fsp3) is 0.364. The first-order valence-corrected chi connectivity index (χ1v) is 13.5. The maximum atomic E-state index is 12.8. The van der Waals surface area contributed by atoms with Crippen LogP contribution in [0, 0.1) is 5.92 Å². The molecule has 5 rings (SSSR count). The number of rotatable bonds is 9. The maximum Gasteiger partial charge on any atom is 0.437 e. The van der Waals surface area contributed by atoms with Crippen LogP contribution in [-0.2, 0) is 20.4 Å². The molecule has 0 spiro atoms. The van der Waals surface area contributed by atoms with Gasteiger partial charge in [-0.3, -0.25) is 9.09 Å². The summed E-state index contributed by atoms with van der Waals surface area (Å²) in [7, 11) is -4.22. The lowest BCUT2D eigenvalue weighted by molar-refractivity contribution is -0.745. The van der Waals surface area contributed by atoms with E-state index in [1.807, 2.05) is 0 Å². The van der Waals surface area contributed by atoms with E-state index in [0.29, 0.717) is 10.8 Å². The third-order valence-electron chi connectivity index (χ3n) is 6.21. The fourth-order valence-corrected chi connectivity index (χ4v) is 5.29. The molecule has 1 aliphatic heterocycles. The molecule has 38 heavy (non-hydrogen) atoms. The number of fused-ring (bicyclic) bond motifs is 1. The number of anilines is 1. The van der Waals surface area contributed by atoms with Gasteiger partial charge in [0.1, 0.15) is 31.3 Å². The van der Waals surface area contributed by atoms with Crippen LogP contribution in [0.4, 0.5) is 5.95 Å². The summed E-state index contributed by atoms with van der Waals surface area (Å²) in [6.07, 6.45) is 2.63. The number of nitrogen functional groups attached to an aromatic ring is 1. The summed E-state index contributed by atoms with van der Waals surface area (Å²) in [5.74, 6) is -0.683. The number of ether oxygens (including phenoxy) is 2. The van der Waals surface area contributed by atoms with E-state index < -0.39 is 38.0 Å². The minimum Gasteiger partial charge on any atom is -0.856 e. The Hall–Kier alpha value is -3.26. The third kappa shape index (κ3) is 5.19. The molecule has 5 atom stereocenters. The van der Waals surface area contributed by atoms with Gasteiger partial charge in [0.05, 0.1) is 12.7 Å². The number of halogens is 1. The number of nitrogens with two attached hydrogens (primary N) is 1. The van der Waals surface area contributed by atoms with E-state index in [-0.39, 0.29) is 36.9 Å². The minimum absolute atomic E-state index is 0.184. The van der Waals surface area contributed by atoms with E-state index in [9.17, 15) is 19.7 Å². The molecule has 0 amide bonds. The largest absolute Gasteiger partial charge is 0.856 e. The molecular weight excluding hydrogens is 541 g/mol. The number of aliphatic hydroxyl groups is 1. The molecule has 0 radical (unpaired) electrons. The first kappa shape index (κ1) is 26.4. The Morgan fingerprint density at radius 1 is 1.32 bits per heavy atom. The van der Waals surface area contributed by atoms with Crippen molar-refractivity contribution < 1.29 is 38.2 Å². The Labute approximate surface area is 221 Å². The van der Waals surface area contributed by atoms with Crippen LogP contribution in [0.2, 0.25) is 5.02 Å². The number of hydrogen-bond donors (Lipinski definition) is 3. The van der Waals surface area contributed by atoms with E-state index in [1.165, 1.54) is 12.4 Å². The molecule has 16 heteroatoms. The summed E-state index contributed by atoms with van der Waals surface area (Å²) in [4.78, 5) is 21.9. The predicted octanol–water partition coefficient (Wildman–Crippen LogP) is 0.863. The van der Waals surface area contributed by atoms with Gasteiger partial charge in [0.25, 0.3) is 5.95 Å². The average molecular weight is 566 g/mol. The molecule has 1 saturated heterocycles. The fourth-order valence-electron chi connectivity index (χ4n) is 4.27.